The summed E-state index contributed by atoms with van der Waals surface area (Å²) in [5, 5.41) is 18.3. The van der Waals surface area contributed by atoms with Crippen molar-refractivity contribution in [3.8, 4) is 0 Å². The molecule has 6 nitrogen and oxygen atoms in total. The van der Waals surface area contributed by atoms with E-state index >= 15 is 0 Å². The van der Waals surface area contributed by atoms with Gasteiger partial charge in [-0.05, 0) is 36.6 Å². The van der Waals surface area contributed by atoms with Crippen LogP contribution in [-0.4, -0.2) is 42.0 Å². The molecule has 0 unspecified atom stereocenters. The van der Waals surface area contributed by atoms with E-state index < -0.39 is 22.5 Å². The molecule has 2 aromatic carbocycles. The number of aliphatic hydroxyl groups excluding tert-OH is 1. The van der Waals surface area contributed by atoms with Gasteiger partial charge in [0.25, 0.3) is 0 Å². The molecule has 2 N–H and O–H groups in total. The summed E-state index contributed by atoms with van der Waals surface area (Å²) in [6.45, 7) is 1.18. The van der Waals surface area contributed by atoms with Crippen LogP contribution >= 0.6 is 0 Å². The molecule has 0 aromatic heterocycles. The molecule has 25 heavy (non-hydrogen) atoms. The van der Waals surface area contributed by atoms with Crippen LogP contribution in [-0.2, 0) is 27.8 Å². The van der Waals surface area contributed by atoms with E-state index in [1.54, 1.807) is 30.3 Å². The highest BCUT2D eigenvalue weighted by Crippen LogP contribution is 2.17. The van der Waals surface area contributed by atoms with Gasteiger partial charge in [0, 0.05) is 6.54 Å². The molecule has 0 saturated carbocycles. The van der Waals surface area contributed by atoms with Gasteiger partial charge in [0.05, 0.1) is 11.5 Å². The Bertz CT molecular complexity index is 831. The van der Waals surface area contributed by atoms with Crippen LogP contribution in [0.2, 0.25) is 0 Å². The van der Waals surface area contributed by atoms with Crippen molar-refractivity contribution in [3.63, 3.8) is 0 Å². The lowest BCUT2D eigenvalue weighted by atomic mass is 10.1. The molecule has 0 spiro atoms. The summed E-state index contributed by atoms with van der Waals surface area (Å²) >= 11 is 0. The number of carbonyl (C=O) groups is 1. The summed E-state index contributed by atoms with van der Waals surface area (Å²) in [5.41, 5.74) is 2.48. The minimum atomic E-state index is -3.90. The summed E-state index contributed by atoms with van der Waals surface area (Å²) in [7, 11) is -3.90. The SMILES string of the molecule is Cc1ccc(S(=O)(=O)N(CCc2cccc(CO)c2)CC(=O)O)cc1. The molecule has 2 rings (SSSR count). The second-order valence-electron chi connectivity index (χ2n) is 5.77. The fourth-order valence-corrected chi connectivity index (χ4v) is 3.82. The van der Waals surface area contributed by atoms with Gasteiger partial charge in [-0.1, -0.05) is 42.0 Å². The molecular formula is C18H21NO5S. The van der Waals surface area contributed by atoms with Gasteiger partial charge in [-0.25, -0.2) is 8.42 Å². The molecule has 0 atom stereocenters. The molecule has 0 saturated heterocycles. The van der Waals surface area contributed by atoms with Crippen molar-refractivity contribution in [2.75, 3.05) is 13.1 Å². The van der Waals surface area contributed by atoms with Gasteiger partial charge in [0.2, 0.25) is 10.0 Å². The van der Waals surface area contributed by atoms with E-state index in [0.29, 0.717) is 6.42 Å². The van der Waals surface area contributed by atoms with Crippen molar-refractivity contribution < 1.29 is 23.4 Å². The van der Waals surface area contributed by atoms with E-state index in [-0.39, 0.29) is 18.0 Å². The minimum absolute atomic E-state index is 0.0391. The predicted molar refractivity (Wildman–Crippen MR) is 93.6 cm³/mol. The third-order valence-electron chi connectivity index (χ3n) is 3.79. The number of aryl methyl sites for hydroxylation is 1. The summed E-state index contributed by atoms with van der Waals surface area (Å²) < 4.78 is 26.5. The first-order chi connectivity index (χ1) is 11.8. The smallest absolute Gasteiger partial charge is 0.318 e. The number of aliphatic carboxylic acids is 1. The molecule has 0 aliphatic heterocycles. The Hall–Kier alpha value is -2.22. The van der Waals surface area contributed by atoms with Crippen LogP contribution in [0.5, 0.6) is 0 Å². The van der Waals surface area contributed by atoms with Gasteiger partial charge < -0.3 is 10.2 Å². The molecule has 7 heteroatoms. The lowest BCUT2D eigenvalue weighted by Crippen LogP contribution is -2.37. The third-order valence-corrected chi connectivity index (χ3v) is 5.65. The van der Waals surface area contributed by atoms with E-state index in [4.69, 9.17) is 5.11 Å². The van der Waals surface area contributed by atoms with Gasteiger partial charge in [-0.2, -0.15) is 4.31 Å². The number of rotatable bonds is 8. The molecule has 0 aliphatic rings. The average Bonchev–Trinajstić information content (AvgIpc) is 2.58. The van der Waals surface area contributed by atoms with E-state index in [2.05, 4.69) is 0 Å². The molecule has 0 aliphatic carbocycles. The molecule has 0 heterocycles. The van der Waals surface area contributed by atoms with Gasteiger partial charge >= 0.3 is 5.97 Å². The van der Waals surface area contributed by atoms with E-state index in [9.17, 15) is 18.3 Å². The largest absolute Gasteiger partial charge is 0.480 e. The number of benzene rings is 2. The molecule has 2 aromatic rings. The number of sulfonamides is 1. The van der Waals surface area contributed by atoms with Crippen molar-refractivity contribution in [2.24, 2.45) is 0 Å². The van der Waals surface area contributed by atoms with Crippen LogP contribution in [0.25, 0.3) is 0 Å². The van der Waals surface area contributed by atoms with E-state index in [1.165, 1.54) is 12.1 Å². The minimum Gasteiger partial charge on any atom is -0.480 e. The van der Waals surface area contributed by atoms with Gasteiger partial charge in [-0.3, -0.25) is 4.79 Å². The van der Waals surface area contributed by atoms with Crippen LogP contribution in [0.4, 0.5) is 0 Å². The zero-order valence-corrected chi connectivity index (χ0v) is 14.7. The summed E-state index contributed by atoms with van der Waals surface area (Å²) in [4.78, 5) is 11.2. The maximum atomic E-state index is 12.7. The monoisotopic (exact) mass is 363 g/mol. The van der Waals surface area contributed by atoms with E-state index in [0.717, 1.165) is 21.0 Å². The molecule has 134 valence electrons. The Labute approximate surface area is 147 Å². The van der Waals surface area contributed by atoms with Crippen LogP contribution in [0.1, 0.15) is 16.7 Å². The van der Waals surface area contributed by atoms with Crippen molar-refractivity contribution in [1.29, 1.82) is 0 Å². The summed E-state index contributed by atoms with van der Waals surface area (Å²) in [5.74, 6) is -1.21. The van der Waals surface area contributed by atoms with Crippen LogP contribution in [0, 0.1) is 6.92 Å². The maximum absolute atomic E-state index is 12.7. The Morgan fingerprint density at radius 1 is 1.08 bits per heavy atom. The fraction of sp³-hybridized carbons (Fsp3) is 0.278. The number of aliphatic hydroxyl groups is 1. The first-order valence-corrected chi connectivity index (χ1v) is 9.24. The first-order valence-electron chi connectivity index (χ1n) is 7.80. The highest BCUT2D eigenvalue weighted by molar-refractivity contribution is 7.89. The molecular weight excluding hydrogens is 342 g/mol. The van der Waals surface area contributed by atoms with Gasteiger partial charge in [-0.15, -0.1) is 0 Å². The Morgan fingerprint density at radius 3 is 2.32 bits per heavy atom. The van der Waals surface area contributed by atoms with Gasteiger partial charge in [0.15, 0.2) is 0 Å². The molecule has 0 bridgehead atoms. The predicted octanol–water partition coefficient (Wildman–Crippen LogP) is 1.81. The van der Waals surface area contributed by atoms with Crippen LogP contribution in [0.3, 0.4) is 0 Å². The van der Waals surface area contributed by atoms with Crippen molar-refractivity contribution in [3.05, 3.63) is 65.2 Å². The lowest BCUT2D eigenvalue weighted by Gasteiger charge is -2.20. The van der Waals surface area contributed by atoms with Gasteiger partial charge in [0.1, 0.15) is 6.54 Å². The molecule has 0 fully saturated rings. The Morgan fingerprint density at radius 2 is 1.72 bits per heavy atom. The lowest BCUT2D eigenvalue weighted by molar-refractivity contribution is -0.137. The normalized spacial score (nSPS) is 11.6. The quantitative estimate of drug-likeness (QED) is 0.746. The summed E-state index contributed by atoms with van der Waals surface area (Å²) in [6.07, 6.45) is 0.353. The van der Waals surface area contributed by atoms with Crippen LogP contribution < -0.4 is 0 Å². The first kappa shape index (κ1) is 19.1. The third kappa shape index (κ3) is 5.12. The number of hydrogen-bond acceptors (Lipinski definition) is 4. The highest BCUT2D eigenvalue weighted by atomic mass is 32.2. The second kappa shape index (κ2) is 8.24. The standard InChI is InChI=1S/C18H21NO5S/c1-14-5-7-17(8-6-14)25(23,24)19(12-18(21)22)10-9-15-3-2-4-16(11-15)13-20/h2-8,11,20H,9-10,12-13H2,1H3,(H,21,22). The summed E-state index contributed by atoms with van der Waals surface area (Å²) in [6, 6.07) is 13.4. The topological polar surface area (TPSA) is 94.9 Å². The number of carboxylic acid groups (broad SMARTS) is 1. The van der Waals surface area contributed by atoms with E-state index in [1.807, 2.05) is 13.0 Å². The zero-order chi connectivity index (χ0) is 18.4. The molecule has 0 amide bonds. The van der Waals surface area contributed by atoms with Crippen molar-refractivity contribution in [2.45, 2.75) is 24.8 Å². The number of hydrogen-bond donors (Lipinski definition) is 2. The molecule has 0 radical (unpaired) electrons. The zero-order valence-electron chi connectivity index (χ0n) is 13.9. The Kier molecular flexibility index (Phi) is 6.30. The fourth-order valence-electron chi connectivity index (χ4n) is 2.43. The second-order valence-corrected chi connectivity index (χ2v) is 7.71. The number of carboxylic acids is 1. The highest BCUT2D eigenvalue weighted by Gasteiger charge is 2.26. The average molecular weight is 363 g/mol. The number of nitrogens with zero attached hydrogens (tertiary/aromatic N) is 1. The Balaban J connectivity index is 2.22. The van der Waals surface area contributed by atoms with Crippen molar-refractivity contribution >= 4 is 16.0 Å². The van der Waals surface area contributed by atoms with Crippen LogP contribution in [0.15, 0.2) is 53.4 Å². The van der Waals surface area contributed by atoms with Crippen molar-refractivity contribution in [1.82, 2.24) is 4.31 Å². The maximum Gasteiger partial charge on any atom is 0.318 e.